The summed E-state index contributed by atoms with van der Waals surface area (Å²) in [4.78, 5) is 12.1. The fourth-order valence-corrected chi connectivity index (χ4v) is 2.49. The topological polar surface area (TPSA) is 90.0 Å². The van der Waals surface area contributed by atoms with E-state index in [0.29, 0.717) is 18.7 Å². The molecule has 0 aliphatic carbocycles. The van der Waals surface area contributed by atoms with E-state index in [1.54, 1.807) is 0 Å². The van der Waals surface area contributed by atoms with Gasteiger partial charge in [0.15, 0.2) is 5.69 Å². The molecule has 0 aromatic carbocycles. The van der Waals surface area contributed by atoms with E-state index in [-0.39, 0.29) is 17.9 Å². The summed E-state index contributed by atoms with van der Waals surface area (Å²) in [5, 5.41) is 22.9. The number of hydrogen-bond acceptors (Lipinski definition) is 4. The van der Waals surface area contributed by atoms with Crippen molar-refractivity contribution in [2.45, 2.75) is 46.3 Å². The van der Waals surface area contributed by atoms with E-state index in [1.165, 1.54) is 0 Å². The highest BCUT2D eigenvalue weighted by molar-refractivity contribution is 5.94. The minimum Gasteiger partial charge on any atom is -0.391 e. The number of aromatic nitrogens is 2. The van der Waals surface area contributed by atoms with Gasteiger partial charge in [0.1, 0.15) is 0 Å². The van der Waals surface area contributed by atoms with Crippen molar-refractivity contribution < 1.29 is 9.90 Å². The lowest BCUT2D eigenvalue weighted by atomic mass is 9.89. The van der Waals surface area contributed by atoms with Gasteiger partial charge in [0.05, 0.1) is 6.10 Å². The third-order valence-electron chi connectivity index (χ3n) is 3.37. The summed E-state index contributed by atoms with van der Waals surface area (Å²) in [5.74, 6) is -0.223. The van der Waals surface area contributed by atoms with Crippen molar-refractivity contribution in [3.8, 4) is 0 Å². The Morgan fingerprint density at radius 3 is 2.95 bits per heavy atom. The molecule has 1 amide bonds. The molecule has 0 saturated carbocycles. The summed E-state index contributed by atoms with van der Waals surface area (Å²) < 4.78 is 0. The van der Waals surface area contributed by atoms with Gasteiger partial charge in [0.25, 0.3) is 5.91 Å². The number of carbonyl (C=O) groups excluding carboxylic acids is 1. The Morgan fingerprint density at radius 1 is 1.50 bits per heavy atom. The first-order valence-corrected chi connectivity index (χ1v) is 7.10. The van der Waals surface area contributed by atoms with E-state index in [0.717, 1.165) is 24.2 Å². The SMILES string of the molecule is CC(C)(C)CC(O)CNC(=O)c1n[nH]c2c1CNCC2. The summed E-state index contributed by atoms with van der Waals surface area (Å²) in [5.41, 5.74) is 2.46. The Bertz CT molecular complexity index is 476. The van der Waals surface area contributed by atoms with Gasteiger partial charge in [-0.3, -0.25) is 9.89 Å². The molecule has 2 rings (SSSR count). The number of amides is 1. The van der Waals surface area contributed by atoms with Gasteiger partial charge in [0.2, 0.25) is 0 Å². The van der Waals surface area contributed by atoms with Crippen molar-refractivity contribution in [1.29, 1.82) is 0 Å². The van der Waals surface area contributed by atoms with Crippen molar-refractivity contribution >= 4 is 5.91 Å². The van der Waals surface area contributed by atoms with Crippen LogP contribution in [0, 0.1) is 5.41 Å². The fraction of sp³-hybridized carbons (Fsp3) is 0.714. The van der Waals surface area contributed by atoms with Gasteiger partial charge in [-0.1, -0.05) is 20.8 Å². The third kappa shape index (κ3) is 3.80. The zero-order valence-corrected chi connectivity index (χ0v) is 12.4. The lowest BCUT2D eigenvalue weighted by Gasteiger charge is -2.22. The normalized spacial score (nSPS) is 16.6. The summed E-state index contributed by atoms with van der Waals surface area (Å²) in [6.07, 6.45) is 0.974. The molecule has 0 spiro atoms. The molecule has 0 fully saturated rings. The predicted molar refractivity (Wildman–Crippen MR) is 76.4 cm³/mol. The van der Waals surface area contributed by atoms with Crippen LogP contribution in [0.15, 0.2) is 0 Å². The van der Waals surface area contributed by atoms with Crippen molar-refractivity contribution in [3.05, 3.63) is 17.0 Å². The van der Waals surface area contributed by atoms with Gasteiger partial charge in [-0.25, -0.2) is 0 Å². The molecule has 20 heavy (non-hydrogen) atoms. The zero-order valence-electron chi connectivity index (χ0n) is 12.4. The zero-order chi connectivity index (χ0) is 14.8. The number of rotatable bonds is 4. The minimum atomic E-state index is -0.535. The highest BCUT2D eigenvalue weighted by Gasteiger charge is 2.22. The Morgan fingerprint density at radius 2 is 2.25 bits per heavy atom. The second kappa shape index (κ2) is 5.93. The molecule has 6 nitrogen and oxygen atoms in total. The van der Waals surface area contributed by atoms with Gasteiger partial charge in [0, 0.05) is 37.3 Å². The molecule has 4 N–H and O–H groups in total. The Kier molecular flexibility index (Phi) is 4.45. The standard InChI is InChI=1S/C14H24N4O2/c1-14(2,3)6-9(19)7-16-13(20)12-10-8-15-5-4-11(10)17-18-12/h9,15,19H,4-8H2,1-3H3,(H,16,20)(H,17,18). The molecule has 1 aromatic rings. The van der Waals surface area contributed by atoms with Crippen LogP contribution in [-0.4, -0.2) is 40.4 Å². The number of fused-ring (bicyclic) bond motifs is 1. The number of aliphatic hydroxyl groups excluding tert-OH is 1. The fourth-order valence-electron chi connectivity index (χ4n) is 2.49. The molecule has 1 aliphatic heterocycles. The molecule has 112 valence electrons. The van der Waals surface area contributed by atoms with Crippen molar-refractivity contribution in [3.63, 3.8) is 0 Å². The first kappa shape index (κ1) is 15.0. The molecule has 0 saturated heterocycles. The van der Waals surface area contributed by atoms with E-state index >= 15 is 0 Å². The summed E-state index contributed by atoms with van der Waals surface area (Å²) >= 11 is 0. The van der Waals surface area contributed by atoms with Gasteiger partial charge in [-0.05, 0) is 11.8 Å². The number of hydrogen-bond donors (Lipinski definition) is 4. The Balaban J connectivity index is 1.91. The molecule has 1 aromatic heterocycles. The third-order valence-corrected chi connectivity index (χ3v) is 3.37. The highest BCUT2D eigenvalue weighted by Crippen LogP contribution is 2.20. The summed E-state index contributed by atoms with van der Waals surface area (Å²) in [6.45, 7) is 8.01. The number of carbonyl (C=O) groups is 1. The van der Waals surface area contributed by atoms with Crippen LogP contribution in [0.5, 0.6) is 0 Å². The van der Waals surface area contributed by atoms with E-state index < -0.39 is 6.10 Å². The van der Waals surface area contributed by atoms with Crippen molar-refractivity contribution in [2.75, 3.05) is 13.1 Å². The number of nitrogens with zero attached hydrogens (tertiary/aromatic N) is 1. The number of H-pyrrole nitrogens is 1. The average molecular weight is 280 g/mol. The number of nitrogens with one attached hydrogen (secondary N) is 3. The molecular formula is C14H24N4O2. The summed E-state index contributed by atoms with van der Waals surface area (Å²) in [6, 6.07) is 0. The van der Waals surface area contributed by atoms with Crippen LogP contribution in [0.1, 0.15) is 48.9 Å². The van der Waals surface area contributed by atoms with Crippen LogP contribution in [0.3, 0.4) is 0 Å². The van der Waals surface area contributed by atoms with E-state index in [1.807, 2.05) is 0 Å². The van der Waals surface area contributed by atoms with E-state index in [9.17, 15) is 9.90 Å². The maximum absolute atomic E-state index is 12.1. The van der Waals surface area contributed by atoms with Crippen molar-refractivity contribution in [2.24, 2.45) is 5.41 Å². The average Bonchev–Trinajstić information content (AvgIpc) is 2.78. The van der Waals surface area contributed by atoms with Crippen LogP contribution in [0.2, 0.25) is 0 Å². The second-order valence-corrected chi connectivity index (χ2v) is 6.58. The molecular weight excluding hydrogens is 256 g/mol. The van der Waals surface area contributed by atoms with Crippen LogP contribution in [0.4, 0.5) is 0 Å². The van der Waals surface area contributed by atoms with Crippen LogP contribution >= 0.6 is 0 Å². The number of aliphatic hydroxyl groups is 1. The number of aromatic amines is 1. The molecule has 1 atom stereocenters. The summed E-state index contributed by atoms with van der Waals surface area (Å²) in [7, 11) is 0. The Labute approximate surface area is 119 Å². The van der Waals surface area contributed by atoms with E-state index in [2.05, 4.69) is 41.6 Å². The minimum absolute atomic E-state index is 0.0412. The molecule has 6 heteroatoms. The van der Waals surface area contributed by atoms with Crippen molar-refractivity contribution in [1.82, 2.24) is 20.8 Å². The van der Waals surface area contributed by atoms with Crippen LogP contribution in [-0.2, 0) is 13.0 Å². The lowest BCUT2D eigenvalue weighted by molar-refractivity contribution is 0.0863. The monoisotopic (exact) mass is 280 g/mol. The Hall–Kier alpha value is -1.40. The van der Waals surface area contributed by atoms with Gasteiger partial charge in [-0.2, -0.15) is 5.10 Å². The van der Waals surface area contributed by atoms with Crippen LogP contribution < -0.4 is 10.6 Å². The molecule has 0 bridgehead atoms. The molecule has 0 radical (unpaired) electrons. The second-order valence-electron chi connectivity index (χ2n) is 6.58. The highest BCUT2D eigenvalue weighted by atomic mass is 16.3. The first-order chi connectivity index (χ1) is 9.37. The quantitative estimate of drug-likeness (QED) is 0.649. The van der Waals surface area contributed by atoms with Gasteiger partial charge in [-0.15, -0.1) is 0 Å². The maximum Gasteiger partial charge on any atom is 0.272 e. The smallest absolute Gasteiger partial charge is 0.272 e. The van der Waals surface area contributed by atoms with Gasteiger partial charge >= 0.3 is 0 Å². The largest absolute Gasteiger partial charge is 0.391 e. The van der Waals surface area contributed by atoms with Crippen LogP contribution in [0.25, 0.3) is 0 Å². The molecule has 1 aliphatic rings. The lowest BCUT2D eigenvalue weighted by Crippen LogP contribution is -2.35. The molecule has 1 unspecified atom stereocenters. The van der Waals surface area contributed by atoms with Gasteiger partial charge < -0.3 is 15.7 Å². The first-order valence-electron chi connectivity index (χ1n) is 7.10. The van der Waals surface area contributed by atoms with E-state index in [4.69, 9.17) is 0 Å². The maximum atomic E-state index is 12.1. The molecule has 2 heterocycles. The predicted octanol–water partition coefficient (Wildman–Crippen LogP) is 0.582.